The van der Waals surface area contributed by atoms with Gasteiger partial charge in [-0.15, -0.1) is 0 Å². The molecule has 0 radical (unpaired) electrons. The fourth-order valence-corrected chi connectivity index (χ4v) is 2.94. The van der Waals surface area contributed by atoms with Crippen LogP contribution >= 0.6 is 22.6 Å². The van der Waals surface area contributed by atoms with E-state index in [1.807, 2.05) is 22.6 Å². The molecule has 0 bridgehead atoms. The molecule has 9 heteroatoms. The molecule has 26 heavy (non-hydrogen) atoms. The number of hydrogen-bond acceptors (Lipinski definition) is 5. The van der Waals surface area contributed by atoms with Crippen LogP contribution in [0.25, 0.3) is 6.08 Å². The molecule has 1 saturated heterocycles. The zero-order chi connectivity index (χ0) is 18.8. The number of imide groups is 1. The second kappa shape index (κ2) is 7.12. The molecular weight excluding hydrogens is 453 g/mol. The molecule has 2 aromatic rings. The number of halogens is 1. The van der Waals surface area contributed by atoms with E-state index in [9.17, 15) is 24.8 Å². The number of carbonyl (C=O) groups is 2. The molecule has 2 aromatic carbocycles. The maximum Gasteiger partial charge on any atom is 0.329 e. The number of nitrogens with one attached hydrogen (secondary N) is 1. The Morgan fingerprint density at radius 2 is 1.88 bits per heavy atom. The van der Waals surface area contributed by atoms with Gasteiger partial charge in [-0.2, -0.15) is 0 Å². The van der Waals surface area contributed by atoms with Crippen molar-refractivity contribution in [2.75, 3.05) is 0 Å². The van der Waals surface area contributed by atoms with E-state index in [1.165, 1.54) is 36.4 Å². The van der Waals surface area contributed by atoms with E-state index in [0.717, 1.165) is 4.90 Å². The standard InChI is InChI=1S/C17H12IN3O5/c18-13-7-11(3-6-15(13)22)8-14-16(23)20(17(24)19-14)9-10-1-4-12(5-2-10)21(25)26/h1-8,22H,9H2,(H,19,24)/b14-8-. The van der Waals surface area contributed by atoms with Crippen molar-refractivity contribution in [1.82, 2.24) is 10.2 Å². The third-order valence-electron chi connectivity index (χ3n) is 3.73. The van der Waals surface area contributed by atoms with Crippen molar-refractivity contribution in [1.29, 1.82) is 0 Å². The first-order valence-corrected chi connectivity index (χ1v) is 8.49. The van der Waals surface area contributed by atoms with Crippen LogP contribution in [0.15, 0.2) is 48.2 Å². The fourth-order valence-electron chi connectivity index (χ4n) is 2.40. The summed E-state index contributed by atoms with van der Waals surface area (Å²) in [7, 11) is 0. The Kier molecular flexibility index (Phi) is 4.89. The molecule has 0 aromatic heterocycles. The Morgan fingerprint density at radius 3 is 2.50 bits per heavy atom. The monoisotopic (exact) mass is 465 g/mol. The van der Waals surface area contributed by atoms with Gasteiger partial charge in [-0.1, -0.05) is 18.2 Å². The molecule has 1 aliphatic heterocycles. The number of nitrogens with zero attached hydrogens (tertiary/aromatic N) is 2. The highest BCUT2D eigenvalue weighted by molar-refractivity contribution is 14.1. The van der Waals surface area contributed by atoms with Crippen LogP contribution in [0.5, 0.6) is 5.75 Å². The van der Waals surface area contributed by atoms with Crippen molar-refractivity contribution >= 4 is 46.3 Å². The molecule has 1 fully saturated rings. The Bertz CT molecular complexity index is 940. The Balaban J connectivity index is 1.79. The van der Waals surface area contributed by atoms with Crippen molar-refractivity contribution in [2.24, 2.45) is 0 Å². The summed E-state index contributed by atoms with van der Waals surface area (Å²) in [6.07, 6.45) is 1.53. The van der Waals surface area contributed by atoms with Crippen LogP contribution in [0, 0.1) is 13.7 Å². The molecule has 132 valence electrons. The molecule has 8 nitrogen and oxygen atoms in total. The van der Waals surface area contributed by atoms with Gasteiger partial charge in [0.15, 0.2) is 0 Å². The summed E-state index contributed by atoms with van der Waals surface area (Å²) in [5.41, 5.74) is 1.32. The van der Waals surface area contributed by atoms with Gasteiger partial charge in [-0.25, -0.2) is 4.79 Å². The van der Waals surface area contributed by atoms with Gasteiger partial charge in [0.05, 0.1) is 15.0 Å². The van der Waals surface area contributed by atoms with Crippen LogP contribution in [0.1, 0.15) is 11.1 Å². The summed E-state index contributed by atoms with van der Waals surface area (Å²) < 4.78 is 0.622. The molecule has 0 aliphatic carbocycles. The van der Waals surface area contributed by atoms with E-state index in [0.29, 0.717) is 14.7 Å². The third-order valence-corrected chi connectivity index (χ3v) is 4.60. The van der Waals surface area contributed by atoms with Gasteiger partial charge in [0.2, 0.25) is 0 Å². The average Bonchev–Trinajstić information content (AvgIpc) is 2.86. The number of hydrogen-bond donors (Lipinski definition) is 2. The zero-order valence-electron chi connectivity index (χ0n) is 13.2. The number of nitro groups is 1. The lowest BCUT2D eigenvalue weighted by molar-refractivity contribution is -0.384. The number of amides is 3. The van der Waals surface area contributed by atoms with Crippen LogP contribution in [-0.4, -0.2) is 26.9 Å². The molecule has 0 atom stereocenters. The first kappa shape index (κ1) is 17.9. The second-order valence-electron chi connectivity index (χ2n) is 5.51. The summed E-state index contributed by atoms with van der Waals surface area (Å²) in [5, 5.41) is 22.7. The minimum atomic E-state index is -0.562. The molecule has 1 heterocycles. The minimum absolute atomic E-state index is 0.00706. The molecule has 0 saturated carbocycles. The van der Waals surface area contributed by atoms with Crippen LogP contribution in [0.4, 0.5) is 10.5 Å². The van der Waals surface area contributed by atoms with E-state index >= 15 is 0 Å². The van der Waals surface area contributed by atoms with Gasteiger partial charge >= 0.3 is 6.03 Å². The van der Waals surface area contributed by atoms with Crippen LogP contribution in [0.2, 0.25) is 0 Å². The first-order valence-electron chi connectivity index (χ1n) is 7.41. The highest BCUT2D eigenvalue weighted by Crippen LogP contribution is 2.23. The van der Waals surface area contributed by atoms with Crippen molar-refractivity contribution < 1.29 is 19.6 Å². The van der Waals surface area contributed by atoms with E-state index < -0.39 is 16.9 Å². The molecule has 3 amide bonds. The van der Waals surface area contributed by atoms with Crippen LogP contribution in [0.3, 0.4) is 0 Å². The van der Waals surface area contributed by atoms with Crippen molar-refractivity contribution in [2.45, 2.75) is 6.54 Å². The van der Waals surface area contributed by atoms with Crippen LogP contribution < -0.4 is 5.32 Å². The number of aromatic hydroxyl groups is 1. The Hall–Kier alpha value is -2.95. The average molecular weight is 465 g/mol. The first-order chi connectivity index (χ1) is 12.3. The SMILES string of the molecule is O=C1N/C(=C\c2ccc(O)c(I)c2)C(=O)N1Cc1ccc([N+](=O)[O-])cc1. The van der Waals surface area contributed by atoms with Gasteiger partial charge in [0.1, 0.15) is 11.4 Å². The normalized spacial score (nSPS) is 15.4. The molecule has 0 unspecified atom stereocenters. The van der Waals surface area contributed by atoms with Crippen molar-refractivity contribution in [3.63, 3.8) is 0 Å². The summed E-state index contributed by atoms with van der Waals surface area (Å²) >= 11 is 1.96. The zero-order valence-corrected chi connectivity index (χ0v) is 15.3. The maximum absolute atomic E-state index is 12.5. The van der Waals surface area contributed by atoms with E-state index in [4.69, 9.17) is 0 Å². The smallest absolute Gasteiger partial charge is 0.329 e. The number of benzene rings is 2. The highest BCUT2D eigenvalue weighted by Gasteiger charge is 2.33. The largest absolute Gasteiger partial charge is 0.507 e. The second-order valence-corrected chi connectivity index (χ2v) is 6.68. The topological polar surface area (TPSA) is 113 Å². The number of nitro benzene ring substituents is 1. The lowest BCUT2D eigenvalue weighted by Gasteiger charge is -2.11. The summed E-state index contributed by atoms with van der Waals surface area (Å²) in [6, 6.07) is 9.90. The highest BCUT2D eigenvalue weighted by atomic mass is 127. The summed E-state index contributed by atoms with van der Waals surface area (Å²) in [5.74, 6) is -0.356. The predicted octanol–water partition coefficient (Wildman–Crippen LogP) is 3.00. The van der Waals surface area contributed by atoms with E-state index in [2.05, 4.69) is 5.32 Å². The lowest BCUT2D eigenvalue weighted by Crippen LogP contribution is -2.30. The van der Waals surface area contributed by atoms with Gasteiger partial charge < -0.3 is 10.4 Å². The number of rotatable bonds is 4. The minimum Gasteiger partial charge on any atom is -0.507 e. The summed E-state index contributed by atoms with van der Waals surface area (Å²) in [4.78, 5) is 35.7. The summed E-state index contributed by atoms with van der Waals surface area (Å²) in [6.45, 7) is 0.00706. The van der Waals surface area contributed by atoms with Gasteiger partial charge in [-0.3, -0.25) is 19.8 Å². The molecule has 1 aliphatic rings. The van der Waals surface area contributed by atoms with Gasteiger partial charge in [-0.05, 0) is 51.9 Å². The third kappa shape index (κ3) is 3.67. The predicted molar refractivity (Wildman–Crippen MR) is 101 cm³/mol. The number of carbonyl (C=O) groups excluding carboxylic acids is 2. The number of phenolic OH excluding ortho intramolecular Hbond substituents is 1. The van der Waals surface area contributed by atoms with Crippen LogP contribution in [-0.2, 0) is 11.3 Å². The maximum atomic E-state index is 12.5. The quantitative estimate of drug-likeness (QED) is 0.237. The molecule has 0 spiro atoms. The molecule has 2 N–H and O–H groups in total. The number of phenols is 1. The van der Waals surface area contributed by atoms with E-state index in [-0.39, 0.29) is 23.7 Å². The molecular formula is C17H12IN3O5. The lowest BCUT2D eigenvalue weighted by atomic mass is 10.1. The molecule has 3 rings (SSSR count). The van der Waals surface area contributed by atoms with E-state index in [1.54, 1.807) is 12.1 Å². The number of non-ortho nitro benzene ring substituents is 1. The van der Waals surface area contributed by atoms with Crippen molar-refractivity contribution in [3.05, 3.63) is 73.0 Å². The van der Waals surface area contributed by atoms with Gasteiger partial charge in [0, 0.05) is 12.1 Å². The fraction of sp³-hybridized carbons (Fsp3) is 0.0588. The van der Waals surface area contributed by atoms with Gasteiger partial charge in [0.25, 0.3) is 11.6 Å². The Morgan fingerprint density at radius 1 is 1.19 bits per heavy atom. The Labute approximate surface area is 161 Å². The van der Waals surface area contributed by atoms with Crippen molar-refractivity contribution in [3.8, 4) is 5.75 Å². The number of urea groups is 1.